The van der Waals surface area contributed by atoms with E-state index in [1.165, 1.54) is 9.80 Å². The lowest BCUT2D eigenvalue weighted by atomic mass is 10.0. The first kappa shape index (κ1) is 24.8. The van der Waals surface area contributed by atoms with Gasteiger partial charge in [-0.15, -0.1) is 0 Å². The van der Waals surface area contributed by atoms with Crippen LogP contribution in [0.2, 0.25) is 0 Å². The van der Waals surface area contributed by atoms with Gasteiger partial charge in [0.1, 0.15) is 17.9 Å². The van der Waals surface area contributed by atoms with Crippen molar-refractivity contribution < 1.29 is 33.8 Å². The van der Waals surface area contributed by atoms with Crippen LogP contribution >= 0.6 is 0 Å². The second kappa shape index (κ2) is 10.6. The van der Waals surface area contributed by atoms with Gasteiger partial charge in [-0.1, -0.05) is 24.3 Å². The van der Waals surface area contributed by atoms with Gasteiger partial charge in [0, 0.05) is 44.5 Å². The van der Waals surface area contributed by atoms with E-state index in [4.69, 9.17) is 9.47 Å². The van der Waals surface area contributed by atoms with Crippen LogP contribution in [0.15, 0.2) is 42.5 Å². The van der Waals surface area contributed by atoms with Gasteiger partial charge < -0.3 is 19.5 Å². The third-order valence-electron chi connectivity index (χ3n) is 7.00. The number of carbonyl (C=O) groups is 4. The molecule has 37 heavy (non-hydrogen) atoms. The number of hydrogen-bond acceptors (Lipinski definition) is 6. The Bertz CT molecular complexity index is 1210. The van der Waals surface area contributed by atoms with E-state index in [-0.39, 0.29) is 44.0 Å². The summed E-state index contributed by atoms with van der Waals surface area (Å²) in [5.74, 6) is -0.328. The molecule has 0 saturated carbocycles. The van der Waals surface area contributed by atoms with Gasteiger partial charge >= 0.3 is 6.09 Å². The SMILES string of the molecule is O=C1CCC(N2Cc3ccc(CN(Cc4ccc(OC5CCOCC5)cc4)C(=O)O)cc3C2=O)C(=O)N1. The zero-order valence-electron chi connectivity index (χ0n) is 20.4. The van der Waals surface area contributed by atoms with Crippen molar-refractivity contribution in [3.05, 3.63) is 64.7 Å². The van der Waals surface area contributed by atoms with Crippen LogP contribution < -0.4 is 10.1 Å². The third-order valence-corrected chi connectivity index (χ3v) is 7.00. The lowest BCUT2D eigenvalue weighted by Crippen LogP contribution is -2.52. The molecule has 1 atom stereocenters. The van der Waals surface area contributed by atoms with Gasteiger partial charge in [-0.2, -0.15) is 0 Å². The van der Waals surface area contributed by atoms with Crippen LogP contribution in [0.4, 0.5) is 4.79 Å². The molecule has 1 unspecified atom stereocenters. The Morgan fingerprint density at radius 2 is 1.73 bits per heavy atom. The molecule has 5 rings (SSSR count). The molecule has 3 aliphatic rings. The van der Waals surface area contributed by atoms with Gasteiger partial charge in [-0.05, 0) is 41.3 Å². The van der Waals surface area contributed by atoms with E-state index in [1.54, 1.807) is 18.2 Å². The second-order valence-electron chi connectivity index (χ2n) is 9.60. The molecule has 2 fully saturated rings. The molecule has 2 N–H and O–H groups in total. The van der Waals surface area contributed by atoms with E-state index in [9.17, 15) is 24.3 Å². The summed E-state index contributed by atoms with van der Waals surface area (Å²) in [5.41, 5.74) is 2.74. The lowest BCUT2D eigenvalue weighted by molar-refractivity contribution is -0.136. The third kappa shape index (κ3) is 5.59. The number of hydrogen-bond donors (Lipinski definition) is 2. The minimum Gasteiger partial charge on any atom is -0.490 e. The number of benzene rings is 2. The van der Waals surface area contributed by atoms with E-state index in [1.807, 2.05) is 24.3 Å². The average molecular weight is 508 g/mol. The highest BCUT2D eigenvalue weighted by Gasteiger charge is 2.39. The smallest absolute Gasteiger partial charge is 0.407 e. The number of imide groups is 1. The minimum atomic E-state index is -1.07. The summed E-state index contributed by atoms with van der Waals surface area (Å²) >= 11 is 0. The zero-order valence-corrected chi connectivity index (χ0v) is 20.4. The monoisotopic (exact) mass is 507 g/mol. The Balaban J connectivity index is 1.23. The number of ether oxygens (including phenoxy) is 2. The maximum Gasteiger partial charge on any atom is 0.407 e. The fourth-order valence-corrected chi connectivity index (χ4v) is 4.99. The van der Waals surface area contributed by atoms with Gasteiger partial charge in [0.05, 0.1) is 13.2 Å². The highest BCUT2D eigenvalue weighted by molar-refractivity contribution is 6.05. The number of nitrogens with zero attached hydrogens (tertiary/aromatic N) is 2. The topological polar surface area (TPSA) is 125 Å². The van der Waals surface area contributed by atoms with Crippen molar-refractivity contribution in [2.45, 2.75) is 57.5 Å². The molecule has 10 heteroatoms. The molecule has 2 aromatic carbocycles. The molecular formula is C27H29N3O7. The minimum absolute atomic E-state index is 0.106. The van der Waals surface area contributed by atoms with Crippen LogP contribution in [0, 0.1) is 0 Å². The fourth-order valence-electron chi connectivity index (χ4n) is 4.99. The molecule has 4 amide bonds. The number of fused-ring (bicyclic) bond motifs is 1. The van der Waals surface area contributed by atoms with Crippen LogP contribution in [-0.2, 0) is 34.0 Å². The Labute approximate surface area is 214 Å². The molecule has 194 valence electrons. The van der Waals surface area contributed by atoms with E-state index < -0.39 is 18.0 Å². The Morgan fingerprint density at radius 1 is 1.03 bits per heavy atom. The summed E-state index contributed by atoms with van der Waals surface area (Å²) in [6, 6.07) is 12.0. The molecule has 3 heterocycles. The van der Waals surface area contributed by atoms with Crippen molar-refractivity contribution >= 4 is 23.8 Å². The largest absolute Gasteiger partial charge is 0.490 e. The summed E-state index contributed by atoms with van der Waals surface area (Å²) < 4.78 is 11.3. The molecule has 0 aliphatic carbocycles. The molecular weight excluding hydrogens is 478 g/mol. The molecule has 2 saturated heterocycles. The average Bonchev–Trinajstić information content (AvgIpc) is 3.21. The molecule has 0 spiro atoms. The normalized spacial score (nSPS) is 19.9. The Kier molecular flexibility index (Phi) is 7.09. The number of nitrogens with one attached hydrogen (secondary N) is 1. The van der Waals surface area contributed by atoms with Crippen molar-refractivity contribution in [2.24, 2.45) is 0 Å². The number of carboxylic acid groups (broad SMARTS) is 1. The Morgan fingerprint density at radius 3 is 2.43 bits per heavy atom. The number of amides is 4. The van der Waals surface area contributed by atoms with Gasteiger partial charge in [0.2, 0.25) is 11.8 Å². The first-order valence-corrected chi connectivity index (χ1v) is 12.4. The summed E-state index contributed by atoms with van der Waals surface area (Å²) in [6.07, 6.45) is 1.25. The molecule has 2 aromatic rings. The van der Waals surface area contributed by atoms with E-state index in [2.05, 4.69) is 5.32 Å². The van der Waals surface area contributed by atoms with Crippen LogP contribution in [-0.4, -0.2) is 64.1 Å². The molecule has 3 aliphatic heterocycles. The molecule has 0 radical (unpaired) electrons. The number of carbonyl (C=O) groups excluding carboxylic acids is 3. The number of piperidine rings is 1. The lowest BCUT2D eigenvalue weighted by Gasteiger charge is -2.29. The Hall–Kier alpha value is -3.92. The summed E-state index contributed by atoms with van der Waals surface area (Å²) in [4.78, 5) is 51.6. The predicted molar refractivity (Wildman–Crippen MR) is 131 cm³/mol. The maximum atomic E-state index is 13.1. The van der Waals surface area contributed by atoms with Crippen LogP contribution in [0.1, 0.15) is 52.7 Å². The van der Waals surface area contributed by atoms with Crippen molar-refractivity contribution in [3.8, 4) is 5.75 Å². The first-order chi connectivity index (χ1) is 17.9. The summed E-state index contributed by atoms with van der Waals surface area (Å²) in [7, 11) is 0. The van der Waals surface area contributed by atoms with E-state index in [0.717, 1.165) is 29.7 Å². The zero-order chi connectivity index (χ0) is 25.9. The van der Waals surface area contributed by atoms with Crippen molar-refractivity contribution in [3.63, 3.8) is 0 Å². The van der Waals surface area contributed by atoms with E-state index >= 15 is 0 Å². The molecule has 0 aromatic heterocycles. The standard InChI is InChI=1S/C27H29N3O7/c31-24-8-7-23(25(32)28-24)30-16-19-4-1-18(13-22(19)26(30)33)15-29(27(34)35)14-17-2-5-20(6-3-17)37-21-9-11-36-12-10-21/h1-6,13,21,23H,7-12,14-16H2,(H,34,35)(H,28,31,32). The van der Waals surface area contributed by atoms with Crippen LogP contribution in [0.3, 0.4) is 0 Å². The van der Waals surface area contributed by atoms with Crippen molar-refractivity contribution in [1.82, 2.24) is 15.1 Å². The highest BCUT2D eigenvalue weighted by atomic mass is 16.5. The fraction of sp³-hybridized carbons (Fsp3) is 0.407. The van der Waals surface area contributed by atoms with Gasteiger partial charge in [0.25, 0.3) is 5.91 Å². The maximum absolute atomic E-state index is 13.1. The summed E-state index contributed by atoms with van der Waals surface area (Å²) in [6.45, 7) is 1.96. The molecule has 0 bridgehead atoms. The van der Waals surface area contributed by atoms with E-state index in [0.29, 0.717) is 30.8 Å². The van der Waals surface area contributed by atoms with Crippen molar-refractivity contribution in [1.29, 1.82) is 0 Å². The first-order valence-electron chi connectivity index (χ1n) is 12.4. The number of rotatable bonds is 7. The quantitative estimate of drug-likeness (QED) is 0.552. The highest BCUT2D eigenvalue weighted by Crippen LogP contribution is 2.29. The molecule has 10 nitrogen and oxygen atoms in total. The van der Waals surface area contributed by atoms with Gasteiger partial charge in [-0.25, -0.2) is 4.79 Å². The predicted octanol–water partition coefficient (Wildman–Crippen LogP) is 2.69. The van der Waals surface area contributed by atoms with Crippen LogP contribution in [0.25, 0.3) is 0 Å². The summed E-state index contributed by atoms with van der Waals surface area (Å²) in [5, 5.41) is 12.1. The van der Waals surface area contributed by atoms with Crippen molar-refractivity contribution in [2.75, 3.05) is 13.2 Å². The second-order valence-corrected chi connectivity index (χ2v) is 9.60. The van der Waals surface area contributed by atoms with Gasteiger partial charge in [0.15, 0.2) is 0 Å². The van der Waals surface area contributed by atoms with Crippen LogP contribution in [0.5, 0.6) is 5.75 Å². The van der Waals surface area contributed by atoms with Gasteiger partial charge in [-0.3, -0.25) is 24.6 Å².